The van der Waals surface area contributed by atoms with E-state index in [2.05, 4.69) is 43.4 Å². The molecule has 2 fully saturated rings. The molecule has 1 aliphatic carbocycles. The summed E-state index contributed by atoms with van der Waals surface area (Å²) in [6.07, 6.45) is 5.02. The van der Waals surface area contributed by atoms with Gasteiger partial charge in [-0.3, -0.25) is 4.79 Å². The molecule has 0 radical (unpaired) electrons. The van der Waals surface area contributed by atoms with Gasteiger partial charge in [-0.25, -0.2) is 0 Å². The smallest absolute Gasteiger partial charge is 0.350 e. The second-order valence-electron chi connectivity index (χ2n) is 6.11. The van der Waals surface area contributed by atoms with E-state index in [1.165, 1.54) is 24.0 Å². The highest BCUT2D eigenvalue weighted by Gasteiger charge is 2.52. The van der Waals surface area contributed by atoms with Crippen molar-refractivity contribution in [3.63, 3.8) is 0 Å². The first-order chi connectivity index (χ1) is 10.0. The van der Waals surface area contributed by atoms with E-state index in [9.17, 15) is 4.79 Å². The minimum atomic E-state index is 0.0474. The molecule has 1 aromatic carbocycles. The Labute approximate surface area is 124 Å². The maximum Gasteiger partial charge on any atom is 0.373 e. The van der Waals surface area contributed by atoms with Gasteiger partial charge in [-0.15, -0.1) is 0 Å². The highest BCUT2D eigenvalue weighted by molar-refractivity contribution is 5.84. The van der Waals surface area contributed by atoms with E-state index < -0.39 is 0 Å². The summed E-state index contributed by atoms with van der Waals surface area (Å²) in [7, 11) is 0. The Kier molecular flexibility index (Phi) is 4.59. The van der Waals surface area contributed by atoms with Gasteiger partial charge in [-0.1, -0.05) is 49.6 Å². The van der Waals surface area contributed by atoms with Crippen molar-refractivity contribution in [3.05, 3.63) is 35.4 Å². The summed E-state index contributed by atoms with van der Waals surface area (Å²) in [6.45, 7) is 4.18. The molecule has 2 aliphatic rings. The van der Waals surface area contributed by atoms with Crippen LogP contribution in [0.15, 0.2) is 24.3 Å². The number of carbonyl (C=O) groups is 1. The first-order valence-corrected chi connectivity index (χ1v) is 7.42. The number of carbonyl (C=O) groups excluding carboxylic acids is 3. The maximum absolute atomic E-state index is 12.1. The summed E-state index contributed by atoms with van der Waals surface area (Å²) in [4.78, 5) is 28.3. The molecule has 1 aromatic rings. The molecule has 1 saturated carbocycles. The molecule has 4 heteroatoms. The molecule has 0 aromatic heterocycles. The topological polar surface area (TPSA) is 63.2 Å². The zero-order valence-electron chi connectivity index (χ0n) is 12.5. The van der Waals surface area contributed by atoms with Crippen molar-refractivity contribution in [2.45, 2.75) is 51.0 Å². The molecule has 0 unspecified atom stereocenters. The van der Waals surface area contributed by atoms with Crippen LogP contribution in [0.3, 0.4) is 0 Å². The zero-order valence-corrected chi connectivity index (χ0v) is 12.5. The van der Waals surface area contributed by atoms with Crippen molar-refractivity contribution in [3.8, 4) is 0 Å². The van der Waals surface area contributed by atoms with E-state index >= 15 is 0 Å². The summed E-state index contributed by atoms with van der Waals surface area (Å²) >= 11 is 0. The minimum absolute atomic E-state index is 0.0474. The van der Waals surface area contributed by atoms with Gasteiger partial charge >= 0.3 is 6.15 Å². The molecule has 1 heterocycles. The lowest BCUT2D eigenvalue weighted by Gasteiger charge is -2.32. The van der Waals surface area contributed by atoms with Gasteiger partial charge < -0.3 is 5.32 Å². The van der Waals surface area contributed by atoms with Crippen LogP contribution in [0, 0.1) is 12.8 Å². The van der Waals surface area contributed by atoms with Gasteiger partial charge in [-0.2, -0.15) is 9.59 Å². The predicted molar refractivity (Wildman–Crippen MR) is 77.4 cm³/mol. The van der Waals surface area contributed by atoms with Crippen molar-refractivity contribution in [1.82, 2.24) is 5.32 Å². The number of nitrogens with one attached hydrogen (secondary N) is 1. The molecule has 1 amide bonds. The molecule has 21 heavy (non-hydrogen) atoms. The van der Waals surface area contributed by atoms with Crippen molar-refractivity contribution >= 4 is 12.1 Å². The van der Waals surface area contributed by atoms with Crippen LogP contribution in [0.2, 0.25) is 0 Å². The largest absolute Gasteiger partial charge is 0.373 e. The van der Waals surface area contributed by atoms with E-state index in [1.54, 1.807) is 0 Å². The third-order valence-electron chi connectivity index (χ3n) is 4.81. The lowest BCUT2D eigenvalue weighted by molar-refractivity contribution is -0.191. The molecule has 1 spiro atoms. The van der Waals surface area contributed by atoms with Crippen molar-refractivity contribution in [2.75, 3.05) is 0 Å². The van der Waals surface area contributed by atoms with Gasteiger partial charge in [0.15, 0.2) is 0 Å². The third kappa shape index (κ3) is 2.91. The van der Waals surface area contributed by atoms with Crippen LogP contribution in [-0.4, -0.2) is 17.6 Å². The Hall–Kier alpha value is -1.93. The van der Waals surface area contributed by atoms with Crippen LogP contribution in [0.5, 0.6) is 0 Å². The number of rotatable bonds is 1. The third-order valence-corrected chi connectivity index (χ3v) is 4.81. The fourth-order valence-electron chi connectivity index (χ4n) is 3.89. The molecule has 2 atom stereocenters. The lowest BCUT2D eigenvalue weighted by atomic mass is 9.75. The van der Waals surface area contributed by atoms with E-state index in [4.69, 9.17) is 9.59 Å². The van der Waals surface area contributed by atoms with E-state index in [0.29, 0.717) is 5.92 Å². The molecule has 1 N–H and O–H groups in total. The number of hydrogen-bond acceptors (Lipinski definition) is 3. The molecule has 3 rings (SSSR count). The van der Waals surface area contributed by atoms with Gasteiger partial charge in [0, 0.05) is 17.4 Å². The van der Waals surface area contributed by atoms with E-state index in [-0.39, 0.29) is 23.5 Å². The minimum Gasteiger partial charge on any atom is -0.350 e. The zero-order chi connectivity index (χ0) is 15.5. The van der Waals surface area contributed by atoms with E-state index in [1.807, 2.05) is 0 Å². The average molecular weight is 287 g/mol. The summed E-state index contributed by atoms with van der Waals surface area (Å²) in [6, 6.07) is 8.73. The van der Waals surface area contributed by atoms with Crippen LogP contribution >= 0.6 is 0 Å². The molecular formula is C17H21NO3. The van der Waals surface area contributed by atoms with Crippen molar-refractivity contribution in [2.24, 2.45) is 5.92 Å². The van der Waals surface area contributed by atoms with Crippen LogP contribution in [0.1, 0.15) is 49.7 Å². The highest BCUT2D eigenvalue weighted by Crippen LogP contribution is 2.49. The number of benzene rings is 1. The van der Waals surface area contributed by atoms with Gasteiger partial charge in [0.25, 0.3) is 0 Å². The van der Waals surface area contributed by atoms with Crippen LogP contribution in [0.4, 0.5) is 0 Å². The van der Waals surface area contributed by atoms with Gasteiger partial charge in [-0.05, 0) is 25.3 Å². The summed E-state index contributed by atoms with van der Waals surface area (Å²) in [5.41, 5.74) is 2.66. The van der Waals surface area contributed by atoms with Gasteiger partial charge in [0.05, 0.1) is 0 Å². The first-order valence-electron chi connectivity index (χ1n) is 7.42. The number of amides is 1. The second-order valence-corrected chi connectivity index (χ2v) is 6.11. The fraction of sp³-hybridized carbons (Fsp3) is 0.529. The van der Waals surface area contributed by atoms with Crippen molar-refractivity contribution in [1.29, 1.82) is 0 Å². The van der Waals surface area contributed by atoms with Gasteiger partial charge in [0.2, 0.25) is 5.91 Å². The highest BCUT2D eigenvalue weighted by atomic mass is 16.2. The van der Waals surface area contributed by atoms with Crippen LogP contribution in [-0.2, 0) is 14.4 Å². The van der Waals surface area contributed by atoms with Crippen LogP contribution in [0.25, 0.3) is 0 Å². The Bertz CT molecular complexity index is 538. The lowest BCUT2D eigenvalue weighted by Crippen LogP contribution is -2.42. The monoisotopic (exact) mass is 287 g/mol. The Balaban J connectivity index is 0.000000497. The molecule has 112 valence electrons. The fourth-order valence-corrected chi connectivity index (χ4v) is 3.89. The quantitative estimate of drug-likeness (QED) is 0.863. The molecule has 1 aliphatic heterocycles. The maximum atomic E-state index is 12.1. The molecule has 0 bridgehead atoms. The average Bonchev–Trinajstić information content (AvgIpc) is 2.99. The summed E-state index contributed by atoms with van der Waals surface area (Å²) < 4.78 is 0. The summed E-state index contributed by atoms with van der Waals surface area (Å²) in [5.74, 6) is 0.696. The number of hydrogen-bond donors (Lipinski definition) is 1. The predicted octanol–water partition coefficient (Wildman–Crippen LogP) is 2.57. The molecule has 4 nitrogen and oxygen atoms in total. The normalized spacial score (nSPS) is 25.9. The summed E-state index contributed by atoms with van der Waals surface area (Å²) in [5, 5.41) is 3.30. The van der Waals surface area contributed by atoms with E-state index in [0.717, 1.165) is 12.8 Å². The standard InChI is InChI=1S/C16H21NO.CO2/c1-11-5-7-13(8-6-11)14-12(2)15(18)17-16(14)9-3-4-10-16;2-1-3/h5-8,12,14H,3-4,9-10H2,1-2H3,(H,17,18);/t12-,14+;/m0./s1. The molecule has 1 saturated heterocycles. The Morgan fingerprint density at radius 1 is 1.14 bits per heavy atom. The second kappa shape index (κ2) is 6.23. The molecular weight excluding hydrogens is 266 g/mol. The Morgan fingerprint density at radius 2 is 1.67 bits per heavy atom. The van der Waals surface area contributed by atoms with Gasteiger partial charge in [0.1, 0.15) is 0 Å². The van der Waals surface area contributed by atoms with Crippen molar-refractivity contribution < 1.29 is 14.4 Å². The first kappa shape index (κ1) is 15.5. The number of aryl methyl sites for hydroxylation is 1. The van der Waals surface area contributed by atoms with Crippen LogP contribution < -0.4 is 5.32 Å². The Morgan fingerprint density at radius 3 is 2.19 bits per heavy atom. The SMILES string of the molecule is Cc1ccc([C@H]2[C@H](C)C(=O)NC23CCCC3)cc1.O=C=O.